The quantitative estimate of drug-likeness (QED) is 0.710. The van der Waals surface area contributed by atoms with Crippen LogP contribution in [0.25, 0.3) is 0 Å². The lowest BCUT2D eigenvalue weighted by atomic mass is 9.67. The Bertz CT molecular complexity index is 441. The molecule has 0 unspecified atom stereocenters. The van der Waals surface area contributed by atoms with Gasteiger partial charge in [0.15, 0.2) is 0 Å². The van der Waals surface area contributed by atoms with Crippen LogP contribution in [0.1, 0.15) is 43.0 Å². The molecule has 0 spiro atoms. The van der Waals surface area contributed by atoms with Crippen molar-refractivity contribution in [2.45, 2.75) is 32.6 Å². The van der Waals surface area contributed by atoms with Gasteiger partial charge in [-0.25, -0.2) is 4.98 Å². The highest BCUT2D eigenvalue weighted by Gasteiger charge is 2.36. The molecule has 0 radical (unpaired) electrons. The van der Waals surface area contributed by atoms with Crippen LogP contribution >= 0.6 is 0 Å². The first-order valence-electron chi connectivity index (χ1n) is 7.28. The van der Waals surface area contributed by atoms with E-state index in [1.807, 2.05) is 13.0 Å². The van der Waals surface area contributed by atoms with Crippen molar-refractivity contribution in [3.8, 4) is 0 Å². The van der Waals surface area contributed by atoms with E-state index >= 15 is 0 Å². The number of nitrogens with one attached hydrogen (secondary N) is 2. The van der Waals surface area contributed by atoms with Crippen LogP contribution in [0, 0.1) is 5.41 Å². The Kier molecular flexibility index (Phi) is 4.95. The number of nitrogens with zero attached hydrogens (tertiary/aromatic N) is 1. The van der Waals surface area contributed by atoms with Gasteiger partial charge in [0.2, 0.25) is 0 Å². The highest BCUT2D eigenvalue weighted by Crippen LogP contribution is 2.43. The van der Waals surface area contributed by atoms with E-state index in [9.17, 15) is 4.79 Å². The molecule has 1 amide bonds. The van der Waals surface area contributed by atoms with Gasteiger partial charge in [0, 0.05) is 25.9 Å². The smallest absolute Gasteiger partial charge is 0.252 e. The minimum atomic E-state index is -0.0951. The van der Waals surface area contributed by atoms with E-state index < -0.39 is 0 Å². The third kappa shape index (κ3) is 3.48. The number of aromatic nitrogens is 1. The predicted molar refractivity (Wildman–Crippen MR) is 78.7 cm³/mol. The second-order valence-electron chi connectivity index (χ2n) is 5.47. The van der Waals surface area contributed by atoms with Crippen molar-refractivity contribution in [2.75, 3.05) is 25.0 Å². The van der Waals surface area contributed by atoms with Gasteiger partial charge in [-0.1, -0.05) is 6.42 Å². The van der Waals surface area contributed by atoms with Gasteiger partial charge in [0.1, 0.15) is 5.82 Å². The van der Waals surface area contributed by atoms with Gasteiger partial charge < -0.3 is 15.7 Å². The molecule has 1 aromatic heterocycles. The summed E-state index contributed by atoms with van der Waals surface area (Å²) in [6, 6.07) is 3.61. The number of amides is 1. The van der Waals surface area contributed by atoms with Crippen molar-refractivity contribution in [3.05, 3.63) is 23.9 Å². The fourth-order valence-electron chi connectivity index (χ4n) is 2.60. The third-order valence-electron chi connectivity index (χ3n) is 4.06. The molecule has 20 heavy (non-hydrogen) atoms. The van der Waals surface area contributed by atoms with Gasteiger partial charge in [-0.3, -0.25) is 4.79 Å². The molecule has 0 aliphatic heterocycles. The summed E-state index contributed by atoms with van der Waals surface area (Å²) in [5.74, 6) is 0.685. The van der Waals surface area contributed by atoms with Gasteiger partial charge in [0.05, 0.1) is 5.56 Å². The minimum absolute atomic E-state index is 0.0951. The lowest BCUT2D eigenvalue weighted by Crippen LogP contribution is -2.37. The molecule has 5 nitrogen and oxygen atoms in total. The molecule has 110 valence electrons. The second kappa shape index (κ2) is 6.70. The van der Waals surface area contributed by atoms with Crippen molar-refractivity contribution in [1.29, 1.82) is 0 Å². The summed E-state index contributed by atoms with van der Waals surface area (Å²) in [5.41, 5.74) is 0.806. The number of aliphatic hydroxyl groups is 1. The first kappa shape index (κ1) is 14.8. The average Bonchev–Trinajstić information content (AvgIpc) is 2.42. The summed E-state index contributed by atoms with van der Waals surface area (Å²) in [4.78, 5) is 15.9. The van der Waals surface area contributed by atoms with Crippen LogP contribution in [0.5, 0.6) is 0 Å². The Hall–Kier alpha value is -1.62. The first-order chi connectivity index (χ1) is 9.69. The maximum Gasteiger partial charge on any atom is 0.252 e. The number of carbonyl (C=O) groups excluding carboxylic acids is 1. The maximum atomic E-state index is 11.6. The number of hydrogen-bond donors (Lipinski definition) is 3. The summed E-state index contributed by atoms with van der Waals surface area (Å²) in [6.07, 6.45) is 6.00. The Labute approximate surface area is 119 Å². The van der Waals surface area contributed by atoms with E-state index in [-0.39, 0.29) is 17.9 Å². The number of anilines is 1. The van der Waals surface area contributed by atoms with Crippen LogP contribution in [0.3, 0.4) is 0 Å². The highest BCUT2D eigenvalue weighted by atomic mass is 16.3. The predicted octanol–water partition coefficient (Wildman–Crippen LogP) is 1.80. The summed E-state index contributed by atoms with van der Waals surface area (Å²) in [5, 5.41) is 15.2. The van der Waals surface area contributed by atoms with E-state index in [1.54, 1.807) is 12.3 Å². The van der Waals surface area contributed by atoms with Crippen LogP contribution in [0.4, 0.5) is 5.82 Å². The van der Waals surface area contributed by atoms with Crippen LogP contribution < -0.4 is 10.6 Å². The number of aliphatic hydroxyl groups excluding tert-OH is 1. The summed E-state index contributed by atoms with van der Waals surface area (Å²) >= 11 is 0. The maximum absolute atomic E-state index is 11.6. The Balaban J connectivity index is 1.89. The van der Waals surface area contributed by atoms with E-state index in [2.05, 4.69) is 15.6 Å². The van der Waals surface area contributed by atoms with Gasteiger partial charge >= 0.3 is 0 Å². The number of hydrogen-bond acceptors (Lipinski definition) is 4. The summed E-state index contributed by atoms with van der Waals surface area (Å²) in [7, 11) is 0. The molecule has 1 aliphatic rings. The zero-order valence-electron chi connectivity index (χ0n) is 12.0. The van der Waals surface area contributed by atoms with Gasteiger partial charge in [-0.15, -0.1) is 0 Å². The zero-order valence-corrected chi connectivity index (χ0v) is 12.0. The summed E-state index contributed by atoms with van der Waals surface area (Å²) in [6.45, 7) is 3.58. The van der Waals surface area contributed by atoms with Crippen LogP contribution in [0.2, 0.25) is 0 Å². The molecule has 1 fully saturated rings. The minimum Gasteiger partial charge on any atom is -0.396 e. The molecule has 3 N–H and O–H groups in total. The largest absolute Gasteiger partial charge is 0.396 e. The SMILES string of the molecule is CCNC(=O)c1ccc(NCC2(CCO)CCC2)nc1. The molecule has 0 bridgehead atoms. The molecule has 1 heterocycles. The highest BCUT2D eigenvalue weighted by molar-refractivity contribution is 5.93. The van der Waals surface area contributed by atoms with E-state index in [0.717, 1.165) is 31.6 Å². The molecule has 1 aromatic rings. The fourth-order valence-corrected chi connectivity index (χ4v) is 2.60. The Morgan fingerprint density at radius 3 is 2.75 bits per heavy atom. The molecule has 1 saturated carbocycles. The standard InChI is InChI=1S/C15H23N3O2/c1-2-16-14(20)12-4-5-13(17-10-12)18-11-15(8-9-19)6-3-7-15/h4-5,10,19H,2-3,6-9,11H2,1H3,(H,16,20)(H,17,18). The van der Waals surface area contributed by atoms with Crippen molar-refractivity contribution in [2.24, 2.45) is 5.41 Å². The molecule has 5 heteroatoms. The molecular formula is C15H23N3O2. The van der Waals surface area contributed by atoms with E-state index in [4.69, 9.17) is 5.11 Å². The molecule has 1 aliphatic carbocycles. The Morgan fingerprint density at radius 2 is 2.25 bits per heavy atom. The molecular weight excluding hydrogens is 254 g/mol. The fraction of sp³-hybridized carbons (Fsp3) is 0.600. The topological polar surface area (TPSA) is 74.2 Å². The Morgan fingerprint density at radius 1 is 1.45 bits per heavy atom. The molecule has 0 atom stereocenters. The van der Waals surface area contributed by atoms with Crippen molar-refractivity contribution in [1.82, 2.24) is 10.3 Å². The van der Waals surface area contributed by atoms with Gasteiger partial charge in [0.25, 0.3) is 5.91 Å². The molecule has 2 rings (SSSR count). The van der Waals surface area contributed by atoms with Crippen molar-refractivity contribution >= 4 is 11.7 Å². The number of pyridine rings is 1. The average molecular weight is 277 g/mol. The van der Waals surface area contributed by atoms with Crippen molar-refractivity contribution in [3.63, 3.8) is 0 Å². The van der Waals surface area contributed by atoms with Crippen LogP contribution in [-0.2, 0) is 0 Å². The lowest BCUT2D eigenvalue weighted by molar-refractivity contribution is 0.0955. The van der Waals surface area contributed by atoms with E-state index in [1.165, 1.54) is 6.42 Å². The summed E-state index contributed by atoms with van der Waals surface area (Å²) < 4.78 is 0. The zero-order chi connectivity index (χ0) is 14.4. The van der Waals surface area contributed by atoms with Gasteiger partial charge in [-0.2, -0.15) is 0 Å². The number of carbonyl (C=O) groups is 1. The van der Waals surface area contributed by atoms with Crippen LogP contribution in [0.15, 0.2) is 18.3 Å². The molecule has 0 saturated heterocycles. The van der Waals surface area contributed by atoms with Crippen LogP contribution in [-0.4, -0.2) is 35.7 Å². The molecule has 0 aromatic carbocycles. The lowest BCUT2D eigenvalue weighted by Gasteiger charge is -2.41. The monoisotopic (exact) mass is 277 g/mol. The normalized spacial score (nSPS) is 16.3. The van der Waals surface area contributed by atoms with Gasteiger partial charge in [-0.05, 0) is 43.7 Å². The second-order valence-corrected chi connectivity index (χ2v) is 5.47. The first-order valence-corrected chi connectivity index (χ1v) is 7.28. The van der Waals surface area contributed by atoms with E-state index in [0.29, 0.717) is 12.1 Å². The van der Waals surface area contributed by atoms with Crippen molar-refractivity contribution < 1.29 is 9.90 Å². The third-order valence-corrected chi connectivity index (χ3v) is 4.06. The number of rotatable bonds is 7.